The van der Waals surface area contributed by atoms with Crippen LogP contribution in [0.5, 0.6) is 11.5 Å². The Kier molecular flexibility index (Phi) is 9.92. The highest BCUT2D eigenvalue weighted by atomic mass is 32.2. The molecular weight excluding hydrogens is 548 g/mol. The lowest BCUT2D eigenvalue weighted by molar-refractivity contribution is -0.116. The van der Waals surface area contributed by atoms with E-state index in [4.69, 9.17) is 9.47 Å². The highest BCUT2D eigenvalue weighted by Gasteiger charge is 2.15. The number of anilines is 1. The van der Waals surface area contributed by atoms with E-state index in [1.807, 2.05) is 54.1 Å². The maximum absolute atomic E-state index is 12.6. The van der Waals surface area contributed by atoms with Gasteiger partial charge in [0.2, 0.25) is 11.8 Å². The number of aryl methyl sites for hydroxylation is 1. The van der Waals surface area contributed by atoms with Crippen LogP contribution in [0, 0.1) is 6.92 Å². The largest absolute Gasteiger partial charge is 0.493 e. The standard InChI is InChI=1S/C28H30N6O4S2/c1-5-34-24(15-29-25(35)13-9-19-8-12-22(37-3)23(14-19)38-4)32-33-28(34)40-17-26(36)31-27-30-21(16-39-27)20-10-6-18(2)7-11-20/h6-14,16H,5,15,17H2,1-4H3,(H,29,35)(H,30,31,36)/b13-9+. The number of nitrogens with zero attached hydrogens (tertiary/aromatic N) is 4. The fourth-order valence-electron chi connectivity index (χ4n) is 3.70. The zero-order valence-electron chi connectivity index (χ0n) is 22.6. The highest BCUT2D eigenvalue weighted by molar-refractivity contribution is 7.99. The number of carbonyl (C=O) groups is 2. The summed E-state index contributed by atoms with van der Waals surface area (Å²) in [5, 5.41) is 17.2. The topological polar surface area (TPSA) is 120 Å². The molecule has 0 radical (unpaired) electrons. The number of ether oxygens (including phenoxy) is 2. The van der Waals surface area contributed by atoms with Gasteiger partial charge in [-0.1, -0.05) is 47.7 Å². The van der Waals surface area contributed by atoms with E-state index in [0.717, 1.165) is 16.8 Å². The summed E-state index contributed by atoms with van der Waals surface area (Å²) in [5.41, 5.74) is 3.80. The third-order valence-corrected chi connectivity index (χ3v) is 7.52. The number of rotatable bonds is 12. The first-order valence-corrected chi connectivity index (χ1v) is 14.3. The zero-order valence-corrected chi connectivity index (χ0v) is 24.3. The van der Waals surface area contributed by atoms with Crippen molar-refractivity contribution in [2.45, 2.75) is 32.1 Å². The van der Waals surface area contributed by atoms with E-state index in [2.05, 4.69) is 25.8 Å². The molecule has 0 atom stereocenters. The SMILES string of the molecule is CCn1c(CNC(=O)/C=C/c2ccc(OC)c(OC)c2)nnc1SCC(=O)Nc1nc(-c2ccc(C)cc2)cs1. The predicted octanol–water partition coefficient (Wildman–Crippen LogP) is 4.81. The van der Waals surface area contributed by atoms with Gasteiger partial charge in [0.15, 0.2) is 27.6 Å². The molecule has 0 aliphatic carbocycles. The van der Waals surface area contributed by atoms with Gasteiger partial charge < -0.3 is 24.7 Å². The lowest BCUT2D eigenvalue weighted by Gasteiger charge is -2.08. The lowest BCUT2D eigenvalue weighted by atomic mass is 10.1. The fourth-order valence-corrected chi connectivity index (χ4v) is 5.26. The van der Waals surface area contributed by atoms with E-state index < -0.39 is 0 Å². The van der Waals surface area contributed by atoms with Crippen molar-refractivity contribution >= 4 is 46.1 Å². The van der Waals surface area contributed by atoms with Crippen LogP contribution in [-0.4, -0.2) is 51.5 Å². The van der Waals surface area contributed by atoms with Crippen molar-refractivity contribution in [3.05, 3.63) is 70.9 Å². The summed E-state index contributed by atoms with van der Waals surface area (Å²) in [7, 11) is 3.13. The Morgan fingerprint density at radius 2 is 1.85 bits per heavy atom. The Balaban J connectivity index is 1.28. The van der Waals surface area contributed by atoms with Crippen molar-refractivity contribution in [2.24, 2.45) is 0 Å². The molecule has 10 nitrogen and oxygen atoms in total. The summed E-state index contributed by atoms with van der Waals surface area (Å²) < 4.78 is 12.4. The van der Waals surface area contributed by atoms with Crippen molar-refractivity contribution in [3.8, 4) is 22.8 Å². The van der Waals surface area contributed by atoms with Gasteiger partial charge in [0.25, 0.3) is 0 Å². The minimum atomic E-state index is -0.275. The average Bonchev–Trinajstić information content (AvgIpc) is 3.60. The summed E-state index contributed by atoms with van der Waals surface area (Å²) in [4.78, 5) is 29.5. The third kappa shape index (κ3) is 7.48. The first kappa shape index (κ1) is 28.8. The Hall–Kier alpha value is -4.16. The number of benzene rings is 2. The molecule has 0 fully saturated rings. The molecule has 208 valence electrons. The van der Waals surface area contributed by atoms with Gasteiger partial charge in [-0.25, -0.2) is 4.98 Å². The van der Waals surface area contributed by atoms with E-state index in [9.17, 15) is 9.59 Å². The van der Waals surface area contributed by atoms with Crippen LogP contribution in [0.1, 0.15) is 23.9 Å². The van der Waals surface area contributed by atoms with Crippen molar-refractivity contribution in [2.75, 3.05) is 25.3 Å². The Morgan fingerprint density at radius 1 is 1.07 bits per heavy atom. The number of carbonyl (C=O) groups excluding carboxylic acids is 2. The van der Waals surface area contributed by atoms with Gasteiger partial charge >= 0.3 is 0 Å². The van der Waals surface area contributed by atoms with Gasteiger partial charge in [-0.05, 0) is 37.6 Å². The maximum atomic E-state index is 12.6. The second kappa shape index (κ2) is 13.8. The van der Waals surface area contributed by atoms with Crippen LogP contribution in [0.15, 0.2) is 59.1 Å². The first-order valence-electron chi connectivity index (χ1n) is 12.5. The van der Waals surface area contributed by atoms with Gasteiger partial charge in [-0.3, -0.25) is 9.59 Å². The Bertz CT molecular complexity index is 1500. The van der Waals surface area contributed by atoms with Crippen LogP contribution in [0.4, 0.5) is 5.13 Å². The number of hydrogen-bond donors (Lipinski definition) is 2. The number of aromatic nitrogens is 4. The van der Waals surface area contributed by atoms with Crippen molar-refractivity contribution in [3.63, 3.8) is 0 Å². The number of hydrogen-bond acceptors (Lipinski definition) is 9. The molecule has 0 aliphatic rings. The Morgan fingerprint density at radius 3 is 2.58 bits per heavy atom. The van der Waals surface area contributed by atoms with Crippen molar-refractivity contribution in [1.82, 2.24) is 25.1 Å². The normalized spacial score (nSPS) is 11.0. The minimum absolute atomic E-state index is 0.151. The molecule has 0 spiro atoms. The molecule has 2 amide bonds. The quantitative estimate of drug-likeness (QED) is 0.182. The molecule has 0 saturated carbocycles. The second-order valence-corrected chi connectivity index (χ2v) is 10.3. The number of thiazole rings is 1. The molecule has 2 aromatic carbocycles. The van der Waals surface area contributed by atoms with E-state index >= 15 is 0 Å². The van der Waals surface area contributed by atoms with E-state index in [-0.39, 0.29) is 24.1 Å². The molecule has 2 N–H and O–H groups in total. The number of amides is 2. The van der Waals surface area contributed by atoms with Crippen LogP contribution in [0.25, 0.3) is 17.3 Å². The van der Waals surface area contributed by atoms with Crippen molar-refractivity contribution < 1.29 is 19.1 Å². The van der Waals surface area contributed by atoms with Crippen LogP contribution in [-0.2, 0) is 22.7 Å². The van der Waals surface area contributed by atoms with E-state index in [1.54, 1.807) is 32.4 Å². The van der Waals surface area contributed by atoms with Crippen LogP contribution in [0.3, 0.4) is 0 Å². The van der Waals surface area contributed by atoms with E-state index in [1.165, 1.54) is 34.7 Å². The number of thioether (sulfide) groups is 1. The molecule has 2 aromatic heterocycles. The second-order valence-electron chi connectivity index (χ2n) is 8.55. The summed E-state index contributed by atoms with van der Waals surface area (Å²) in [5.74, 6) is 1.49. The van der Waals surface area contributed by atoms with Gasteiger partial charge in [-0.15, -0.1) is 21.5 Å². The van der Waals surface area contributed by atoms with Gasteiger partial charge in [0, 0.05) is 23.6 Å². The predicted molar refractivity (Wildman–Crippen MR) is 158 cm³/mol. The molecule has 0 aliphatic heterocycles. The van der Waals surface area contributed by atoms with Crippen LogP contribution in [0.2, 0.25) is 0 Å². The zero-order chi connectivity index (χ0) is 28.5. The summed E-state index contributed by atoms with van der Waals surface area (Å²) in [6, 6.07) is 13.5. The molecular formula is C28H30N6O4S2. The van der Waals surface area contributed by atoms with Crippen molar-refractivity contribution in [1.29, 1.82) is 0 Å². The molecule has 40 heavy (non-hydrogen) atoms. The first-order chi connectivity index (χ1) is 19.4. The average molecular weight is 579 g/mol. The smallest absolute Gasteiger partial charge is 0.244 e. The van der Waals surface area contributed by atoms with Crippen LogP contribution >= 0.6 is 23.1 Å². The molecule has 2 heterocycles. The minimum Gasteiger partial charge on any atom is -0.493 e. The summed E-state index contributed by atoms with van der Waals surface area (Å²) in [6.07, 6.45) is 3.13. The third-order valence-electron chi connectivity index (χ3n) is 5.80. The molecule has 0 bridgehead atoms. The Labute approximate surface area is 240 Å². The summed E-state index contributed by atoms with van der Waals surface area (Å²) in [6.45, 7) is 4.78. The highest BCUT2D eigenvalue weighted by Crippen LogP contribution is 2.28. The number of methoxy groups -OCH3 is 2. The molecule has 4 aromatic rings. The van der Waals surface area contributed by atoms with Gasteiger partial charge in [0.1, 0.15) is 0 Å². The van der Waals surface area contributed by atoms with E-state index in [0.29, 0.717) is 34.2 Å². The van der Waals surface area contributed by atoms with Gasteiger partial charge in [0.05, 0.1) is 32.2 Å². The molecule has 0 saturated heterocycles. The fraction of sp³-hybridized carbons (Fsp3) is 0.250. The monoisotopic (exact) mass is 578 g/mol. The van der Waals surface area contributed by atoms with Gasteiger partial charge in [-0.2, -0.15) is 0 Å². The number of nitrogens with one attached hydrogen (secondary N) is 2. The molecule has 0 unspecified atom stereocenters. The maximum Gasteiger partial charge on any atom is 0.244 e. The van der Waals surface area contributed by atoms with Crippen LogP contribution < -0.4 is 20.1 Å². The lowest BCUT2D eigenvalue weighted by Crippen LogP contribution is -2.22. The molecule has 12 heteroatoms. The molecule has 4 rings (SSSR count). The summed E-state index contributed by atoms with van der Waals surface area (Å²) >= 11 is 2.66.